The zero-order valence-corrected chi connectivity index (χ0v) is 13.2. The molecular weight excluding hydrogens is 197 g/mol. The van der Waals surface area contributed by atoms with Crippen LogP contribution in [0.5, 0.6) is 0 Å². The van der Waals surface area contributed by atoms with Crippen LogP contribution in [0.4, 0.5) is 0 Å². The first-order chi connectivity index (χ1) is 4.24. The first-order valence-electron chi connectivity index (χ1n) is 1.41. The molecule has 0 saturated carbocycles. The summed E-state index contributed by atoms with van der Waals surface area (Å²) in [6.45, 7) is 0. The van der Waals surface area contributed by atoms with Gasteiger partial charge in [0.15, 0.2) is 0 Å². The zero-order chi connectivity index (χ0) is 8.12. The van der Waals surface area contributed by atoms with Crippen molar-refractivity contribution in [2.45, 2.75) is 0 Å². The second kappa shape index (κ2) is 74.9. The van der Waals surface area contributed by atoms with Crippen molar-refractivity contribution < 1.29 is 118 Å². The Morgan fingerprint density at radius 2 is 0.583 bits per heavy atom. The van der Waals surface area contributed by atoms with Crippen LogP contribution in [0.1, 0.15) is 0 Å². The molecule has 0 rings (SSSR count). The Morgan fingerprint density at radius 1 is 0.583 bits per heavy atom. The molecule has 0 unspecified atom stereocenters. The van der Waals surface area contributed by atoms with E-state index in [-0.39, 0.29) is 88.7 Å². The van der Waals surface area contributed by atoms with Crippen LogP contribution in [-0.4, -0.2) is 22.1 Å². The Bertz CT molecular complexity index is 54.8. The first-order valence-corrected chi connectivity index (χ1v) is 1.41. The van der Waals surface area contributed by atoms with Crippen LogP contribution < -0.4 is 104 Å². The van der Waals surface area contributed by atoms with Crippen LogP contribution in [0.25, 0.3) is 0 Å². The van der Waals surface area contributed by atoms with Gasteiger partial charge in [0.05, 0.1) is 0 Å². The van der Waals surface area contributed by atoms with Crippen LogP contribution in [-0.2, 0) is 14.1 Å². The molecule has 0 aromatic heterocycles. The first kappa shape index (κ1) is 37.0. The summed E-state index contributed by atoms with van der Waals surface area (Å²) in [5.41, 5.74) is 0. The molecule has 0 aliphatic heterocycles. The van der Waals surface area contributed by atoms with Gasteiger partial charge in [-0.3, -0.25) is 0 Å². The maximum absolute atomic E-state index is 8.25. The molecule has 0 amide bonds. The van der Waals surface area contributed by atoms with Gasteiger partial charge < -0.3 is 0 Å². The molecule has 0 spiro atoms. The summed E-state index contributed by atoms with van der Waals surface area (Å²) in [7, 11) is -1.50. The third-order valence-electron chi connectivity index (χ3n) is 0. The minimum atomic E-state index is -0.500. The Hall–Kier alpha value is 1.99. The van der Waals surface area contributed by atoms with Crippen molar-refractivity contribution in [2.24, 2.45) is 0 Å². The smallest absolute Gasteiger partial charge is 1.00 e. The molecule has 0 aliphatic carbocycles. The summed E-state index contributed by atoms with van der Waals surface area (Å²) in [6, 6.07) is 0. The van der Waals surface area contributed by atoms with E-state index >= 15 is 0 Å². The monoisotopic (exact) mass is 198 g/mol. The average molecular weight is 197 g/mol. The van der Waals surface area contributed by atoms with Crippen LogP contribution in [0.2, 0.25) is 0 Å². The van der Waals surface area contributed by atoms with E-state index in [0.717, 1.165) is 0 Å². The van der Waals surface area contributed by atoms with Crippen LogP contribution >= 0.6 is 0 Å². The molecule has 12 heteroatoms. The fourth-order valence-corrected chi connectivity index (χ4v) is 0. The normalized spacial score (nSPS) is 2.00. The van der Waals surface area contributed by atoms with Gasteiger partial charge in [0.25, 0.3) is 0 Å². The molecule has 0 bridgehead atoms. The maximum Gasteiger partial charge on any atom is 1.00 e. The van der Waals surface area contributed by atoms with E-state index in [9.17, 15) is 0 Å². The van der Waals surface area contributed by atoms with Gasteiger partial charge in [0, 0.05) is 0 Å². The van der Waals surface area contributed by atoms with Crippen molar-refractivity contribution >= 4 is 22.1 Å². The molecule has 0 atom stereocenters. The van der Waals surface area contributed by atoms with Crippen molar-refractivity contribution in [3.63, 3.8) is 0 Å². The molecule has 0 saturated heterocycles. The molecule has 12 heavy (non-hydrogen) atoms. The molecule has 48 valence electrons. The predicted octanol–water partition coefficient (Wildman–Crippen LogP) is -14.1. The second-order valence-corrected chi connectivity index (χ2v) is 0.289. The Balaban J connectivity index is -0.00000001000. The third kappa shape index (κ3) is 364. The van der Waals surface area contributed by atoms with Gasteiger partial charge >= 0.3 is 140 Å². The van der Waals surface area contributed by atoms with Gasteiger partial charge in [-0.05, 0) is 0 Å². The predicted molar refractivity (Wildman–Crippen MR) is 19.3 cm³/mol. The number of hydrogen-bond donors (Lipinski definition) is 0. The quantitative estimate of drug-likeness (QED) is 0.356. The third-order valence-corrected chi connectivity index (χ3v) is 0. The largest absolute Gasteiger partial charge is 1.00 e. The summed E-state index contributed by atoms with van der Waals surface area (Å²) in [5, 5.41) is 24.8. The van der Waals surface area contributed by atoms with Gasteiger partial charge in [-0.2, -0.15) is 0 Å². The summed E-state index contributed by atoms with van der Waals surface area (Å²) in [4.78, 5) is 0. The summed E-state index contributed by atoms with van der Waals surface area (Å²) < 4.78 is 24.8. The Kier molecular flexibility index (Phi) is 231. The van der Waals surface area contributed by atoms with Crippen molar-refractivity contribution in [1.29, 1.82) is 0 Å². The van der Waals surface area contributed by atoms with E-state index in [4.69, 9.17) is 29.2 Å². The number of hydrogen-bond acceptors (Lipinski definition) is 6. The summed E-state index contributed by atoms with van der Waals surface area (Å²) in [5.74, 6) is 0. The van der Waals surface area contributed by atoms with Crippen LogP contribution in [0.15, 0.2) is 0 Å². The van der Waals surface area contributed by atoms with Crippen LogP contribution in [0.3, 0.4) is 0 Å². The average Bonchev–Trinajstić information content (AvgIpc) is 1.70. The number of rotatable bonds is 0. The van der Waals surface area contributed by atoms with Crippen molar-refractivity contribution in [2.75, 3.05) is 0 Å². The Labute approximate surface area is 138 Å². The fourth-order valence-electron chi connectivity index (χ4n) is 0. The van der Waals surface area contributed by atoms with E-state index in [1.807, 2.05) is 0 Å². The van der Waals surface area contributed by atoms with E-state index in [1.165, 1.54) is 0 Å². The zero-order valence-electron chi connectivity index (χ0n) is 7.18. The minimum absolute atomic E-state index is 0. The van der Waals surface area contributed by atoms with Crippen molar-refractivity contribution in [1.82, 2.24) is 0 Å². The molecular formula is B3Na3O6. The van der Waals surface area contributed by atoms with Gasteiger partial charge in [0.2, 0.25) is 0 Å². The van der Waals surface area contributed by atoms with E-state index in [2.05, 4.69) is 0 Å². The molecule has 6 nitrogen and oxygen atoms in total. The molecule has 0 aliphatic rings. The van der Waals surface area contributed by atoms with Gasteiger partial charge in [-0.25, -0.2) is 0 Å². The van der Waals surface area contributed by atoms with Gasteiger partial charge in [-0.15, -0.1) is 0 Å². The maximum atomic E-state index is 8.25. The second-order valence-electron chi connectivity index (χ2n) is 0.289. The fraction of sp³-hybridized carbons (Fsp3) is 0. The molecule has 0 radical (unpaired) electrons. The summed E-state index contributed by atoms with van der Waals surface area (Å²) >= 11 is 0. The Morgan fingerprint density at radius 3 is 0.583 bits per heavy atom. The summed E-state index contributed by atoms with van der Waals surface area (Å²) in [6.07, 6.45) is 0. The van der Waals surface area contributed by atoms with Crippen molar-refractivity contribution in [3.8, 4) is 0 Å². The molecule has 0 aromatic carbocycles. The van der Waals surface area contributed by atoms with Gasteiger partial charge in [0.1, 0.15) is 0 Å². The van der Waals surface area contributed by atoms with E-state index < -0.39 is 22.1 Å². The minimum Gasteiger partial charge on any atom is 1.00 e. The van der Waals surface area contributed by atoms with Crippen molar-refractivity contribution in [3.05, 3.63) is 0 Å². The topological polar surface area (TPSA) is 120 Å². The van der Waals surface area contributed by atoms with Crippen LogP contribution in [0, 0.1) is 0 Å². The molecule has 0 N–H and O–H groups in total. The molecule has 0 aromatic rings. The SMILES string of the molecule is O=B[O-].O=B[O-].O=B[O-].[Na+].[Na+].[Na+]. The standard InChI is InChI=1S/3BO2.3Na/c3*2-1-3;;;/q3*-1;3*+1. The molecule has 0 fully saturated rings. The van der Waals surface area contributed by atoms with E-state index in [0.29, 0.717) is 0 Å². The van der Waals surface area contributed by atoms with E-state index in [1.54, 1.807) is 0 Å². The molecule has 0 heterocycles. The van der Waals surface area contributed by atoms with Gasteiger partial charge in [-0.1, -0.05) is 0 Å².